The first kappa shape index (κ1) is 13.3. The Bertz CT molecular complexity index is 346. The SMILES string of the molecule is CCCSc1cc(NN)nc(C(C)(C)C)n1. The number of thioether (sulfide) groups is 1. The van der Waals surface area contributed by atoms with Gasteiger partial charge in [0.15, 0.2) is 0 Å². The second-order valence-corrected chi connectivity index (χ2v) is 5.77. The largest absolute Gasteiger partial charge is 0.308 e. The van der Waals surface area contributed by atoms with Crippen LogP contribution in [-0.4, -0.2) is 15.7 Å². The summed E-state index contributed by atoms with van der Waals surface area (Å²) in [5, 5.41) is 0.981. The van der Waals surface area contributed by atoms with Gasteiger partial charge in [0.25, 0.3) is 0 Å². The number of hydrogen-bond donors (Lipinski definition) is 2. The molecule has 0 aliphatic heterocycles. The zero-order chi connectivity index (χ0) is 12.2. The molecule has 90 valence electrons. The topological polar surface area (TPSA) is 63.8 Å². The summed E-state index contributed by atoms with van der Waals surface area (Å²) in [7, 11) is 0. The highest BCUT2D eigenvalue weighted by atomic mass is 32.2. The molecule has 0 spiro atoms. The number of hydrogen-bond acceptors (Lipinski definition) is 5. The second kappa shape index (κ2) is 5.50. The molecule has 0 bridgehead atoms. The zero-order valence-corrected chi connectivity index (χ0v) is 11.2. The molecule has 0 unspecified atom stereocenters. The number of nitrogen functional groups attached to an aromatic ring is 1. The molecule has 0 saturated carbocycles. The minimum Gasteiger partial charge on any atom is -0.308 e. The Morgan fingerprint density at radius 1 is 1.38 bits per heavy atom. The normalized spacial score (nSPS) is 11.6. The first-order valence-electron chi connectivity index (χ1n) is 5.46. The molecule has 3 N–H and O–H groups in total. The van der Waals surface area contributed by atoms with Crippen molar-refractivity contribution >= 4 is 17.6 Å². The van der Waals surface area contributed by atoms with Crippen LogP contribution >= 0.6 is 11.8 Å². The molecule has 1 aromatic heterocycles. The highest BCUT2D eigenvalue weighted by Crippen LogP contribution is 2.24. The lowest BCUT2D eigenvalue weighted by atomic mass is 9.96. The predicted octanol–water partition coefficient (Wildman–Crippen LogP) is 2.56. The third-order valence-corrected chi connectivity index (χ3v) is 3.09. The monoisotopic (exact) mass is 240 g/mol. The van der Waals surface area contributed by atoms with Crippen molar-refractivity contribution in [1.82, 2.24) is 9.97 Å². The van der Waals surface area contributed by atoms with Gasteiger partial charge in [-0.25, -0.2) is 15.8 Å². The van der Waals surface area contributed by atoms with E-state index in [0.29, 0.717) is 5.82 Å². The molecule has 1 rings (SSSR count). The lowest BCUT2D eigenvalue weighted by molar-refractivity contribution is 0.539. The number of aromatic nitrogens is 2. The van der Waals surface area contributed by atoms with Crippen molar-refractivity contribution in [1.29, 1.82) is 0 Å². The first-order chi connectivity index (χ1) is 7.47. The lowest BCUT2D eigenvalue weighted by Crippen LogP contribution is -2.19. The van der Waals surface area contributed by atoms with Crippen molar-refractivity contribution < 1.29 is 0 Å². The summed E-state index contributed by atoms with van der Waals surface area (Å²) >= 11 is 1.73. The van der Waals surface area contributed by atoms with Gasteiger partial charge in [-0.1, -0.05) is 27.7 Å². The summed E-state index contributed by atoms with van der Waals surface area (Å²) in [5.74, 6) is 7.97. The summed E-state index contributed by atoms with van der Waals surface area (Å²) in [6, 6.07) is 1.88. The molecule has 0 aliphatic rings. The van der Waals surface area contributed by atoms with Crippen LogP contribution in [0.2, 0.25) is 0 Å². The van der Waals surface area contributed by atoms with Crippen molar-refractivity contribution in [3.8, 4) is 0 Å². The van der Waals surface area contributed by atoms with Gasteiger partial charge in [-0.15, -0.1) is 11.8 Å². The smallest absolute Gasteiger partial charge is 0.144 e. The molecular formula is C11H20N4S. The summed E-state index contributed by atoms with van der Waals surface area (Å²) in [6.07, 6.45) is 1.13. The van der Waals surface area contributed by atoms with Gasteiger partial charge in [0.05, 0.1) is 0 Å². The van der Waals surface area contributed by atoms with Gasteiger partial charge in [-0.05, 0) is 12.2 Å². The van der Waals surface area contributed by atoms with Crippen LogP contribution in [0.4, 0.5) is 5.82 Å². The average molecular weight is 240 g/mol. The van der Waals surface area contributed by atoms with Crippen LogP contribution in [0.5, 0.6) is 0 Å². The molecule has 0 radical (unpaired) electrons. The molecule has 0 atom stereocenters. The van der Waals surface area contributed by atoms with Crippen molar-refractivity contribution in [2.75, 3.05) is 11.2 Å². The van der Waals surface area contributed by atoms with E-state index in [1.54, 1.807) is 11.8 Å². The Hall–Kier alpha value is -0.810. The lowest BCUT2D eigenvalue weighted by Gasteiger charge is -2.18. The van der Waals surface area contributed by atoms with Crippen molar-refractivity contribution in [3.63, 3.8) is 0 Å². The number of nitrogens with zero attached hydrogens (tertiary/aromatic N) is 2. The van der Waals surface area contributed by atoms with E-state index in [1.807, 2.05) is 6.07 Å². The molecule has 0 aromatic carbocycles. The number of hydrazine groups is 1. The van der Waals surface area contributed by atoms with E-state index in [4.69, 9.17) is 5.84 Å². The van der Waals surface area contributed by atoms with E-state index in [-0.39, 0.29) is 5.41 Å². The maximum absolute atomic E-state index is 5.41. The number of nitrogens with two attached hydrogens (primary N) is 1. The quantitative estimate of drug-likeness (QED) is 0.366. The van der Waals surface area contributed by atoms with Crippen LogP contribution in [0.3, 0.4) is 0 Å². The van der Waals surface area contributed by atoms with E-state index in [9.17, 15) is 0 Å². The van der Waals surface area contributed by atoms with Gasteiger partial charge >= 0.3 is 0 Å². The van der Waals surface area contributed by atoms with E-state index in [2.05, 4.69) is 43.1 Å². The van der Waals surface area contributed by atoms with Gasteiger partial charge < -0.3 is 5.43 Å². The van der Waals surface area contributed by atoms with E-state index in [1.165, 1.54) is 0 Å². The van der Waals surface area contributed by atoms with E-state index < -0.39 is 0 Å². The van der Waals surface area contributed by atoms with Crippen LogP contribution in [0, 0.1) is 0 Å². The molecule has 0 saturated heterocycles. The Labute approximate surface area is 101 Å². The summed E-state index contributed by atoms with van der Waals surface area (Å²) < 4.78 is 0. The number of nitrogens with one attached hydrogen (secondary N) is 1. The molecule has 16 heavy (non-hydrogen) atoms. The Morgan fingerprint density at radius 3 is 2.56 bits per heavy atom. The van der Waals surface area contributed by atoms with Crippen molar-refractivity contribution in [2.24, 2.45) is 5.84 Å². The molecule has 5 heteroatoms. The Kier molecular flexibility index (Phi) is 4.56. The minimum absolute atomic E-state index is 0.0611. The minimum atomic E-state index is -0.0611. The van der Waals surface area contributed by atoms with Crippen LogP contribution in [0.25, 0.3) is 0 Å². The maximum Gasteiger partial charge on any atom is 0.144 e. The van der Waals surface area contributed by atoms with Gasteiger partial charge in [0.1, 0.15) is 16.7 Å². The standard InChI is InChI=1S/C11H20N4S/c1-5-6-16-9-7-8(15-12)13-10(14-9)11(2,3)4/h7H,5-6,12H2,1-4H3,(H,13,14,15). The van der Waals surface area contributed by atoms with Gasteiger partial charge in [-0.2, -0.15) is 0 Å². The molecular weight excluding hydrogens is 220 g/mol. The zero-order valence-electron chi connectivity index (χ0n) is 10.4. The summed E-state index contributed by atoms with van der Waals surface area (Å²) in [4.78, 5) is 8.92. The van der Waals surface area contributed by atoms with Crippen LogP contribution in [0.15, 0.2) is 11.1 Å². The number of rotatable bonds is 4. The van der Waals surface area contributed by atoms with Crippen LogP contribution < -0.4 is 11.3 Å². The highest BCUT2D eigenvalue weighted by Gasteiger charge is 2.18. The Balaban J connectivity index is 3.01. The van der Waals surface area contributed by atoms with E-state index in [0.717, 1.165) is 23.0 Å². The summed E-state index contributed by atoms with van der Waals surface area (Å²) in [5.41, 5.74) is 2.53. The van der Waals surface area contributed by atoms with E-state index >= 15 is 0 Å². The average Bonchev–Trinajstić information content (AvgIpc) is 2.24. The Morgan fingerprint density at radius 2 is 2.06 bits per heavy atom. The molecule has 1 aromatic rings. The second-order valence-electron chi connectivity index (χ2n) is 4.66. The molecule has 0 fully saturated rings. The fraction of sp³-hybridized carbons (Fsp3) is 0.636. The third-order valence-electron chi connectivity index (χ3n) is 1.98. The highest BCUT2D eigenvalue weighted by molar-refractivity contribution is 7.99. The molecule has 1 heterocycles. The van der Waals surface area contributed by atoms with Crippen LogP contribution in [0.1, 0.15) is 39.9 Å². The summed E-state index contributed by atoms with van der Waals surface area (Å²) in [6.45, 7) is 8.44. The van der Waals surface area contributed by atoms with Crippen LogP contribution in [-0.2, 0) is 5.41 Å². The first-order valence-corrected chi connectivity index (χ1v) is 6.45. The van der Waals surface area contributed by atoms with Crippen molar-refractivity contribution in [2.45, 2.75) is 44.6 Å². The van der Waals surface area contributed by atoms with Gasteiger partial charge in [0.2, 0.25) is 0 Å². The predicted molar refractivity (Wildman–Crippen MR) is 69.6 cm³/mol. The molecule has 0 amide bonds. The van der Waals surface area contributed by atoms with Crippen molar-refractivity contribution in [3.05, 3.63) is 11.9 Å². The van der Waals surface area contributed by atoms with Gasteiger partial charge in [-0.3, -0.25) is 0 Å². The fourth-order valence-corrected chi connectivity index (χ4v) is 1.87. The van der Waals surface area contributed by atoms with Gasteiger partial charge in [0, 0.05) is 11.5 Å². The fourth-order valence-electron chi connectivity index (χ4n) is 1.11. The number of anilines is 1. The third kappa shape index (κ3) is 3.64. The molecule has 4 nitrogen and oxygen atoms in total. The maximum atomic E-state index is 5.41. The molecule has 0 aliphatic carbocycles.